The molecular formula is C8H13N3OS. The van der Waals surface area contributed by atoms with Gasteiger partial charge in [-0.2, -0.15) is 0 Å². The predicted molar refractivity (Wildman–Crippen MR) is 53.8 cm³/mol. The lowest BCUT2D eigenvalue weighted by Gasteiger charge is -2.01. The van der Waals surface area contributed by atoms with Crippen LogP contribution in [0.15, 0.2) is 5.51 Å². The van der Waals surface area contributed by atoms with Crippen molar-refractivity contribution < 1.29 is 4.79 Å². The monoisotopic (exact) mass is 199 g/mol. The highest BCUT2D eigenvalue weighted by atomic mass is 32.1. The molecule has 3 N–H and O–H groups in total. The van der Waals surface area contributed by atoms with E-state index in [0.29, 0.717) is 13.0 Å². The maximum Gasteiger partial charge on any atom is 0.225 e. The fraction of sp³-hybridized carbons (Fsp3) is 0.500. The molecule has 0 atom stereocenters. The molecule has 0 fully saturated rings. The highest BCUT2D eigenvalue weighted by Gasteiger charge is 2.05. The summed E-state index contributed by atoms with van der Waals surface area (Å²) in [5.41, 5.74) is 7.87. The number of anilines is 1. The second-order valence-corrected chi connectivity index (χ2v) is 3.56. The van der Waals surface area contributed by atoms with Gasteiger partial charge in [0.2, 0.25) is 5.91 Å². The molecule has 0 unspecified atom stereocenters. The Kier molecular flexibility index (Phi) is 3.85. The zero-order valence-corrected chi connectivity index (χ0v) is 8.36. The van der Waals surface area contributed by atoms with Crippen LogP contribution < -0.4 is 11.1 Å². The number of nitrogens with two attached hydrogens (primary N) is 1. The van der Waals surface area contributed by atoms with Crippen LogP contribution in [0.25, 0.3) is 0 Å². The summed E-state index contributed by atoms with van der Waals surface area (Å²) in [5, 5.41) is 3.62. The highest BCUT2D eigenvalue weighted by molar-refractivity contribution is 7.14. The third-order valence-corrected chi connectivity index (χ3v) is 2.45. The second-order valence-electron chi connectivity index (χ2n) is 2.71. The summed E-state index contributed by atoms with van der Waals surface area (Å²) in [7, 11) is 0. The first kappa shape index (κ1) is 10.1. The van der Waals surface area contributed by atoms with Crippen molar-refractivity contribution in [2.75, 3.05) is 11.9 Å². The van der Waals surface area contributed by atoms with Crippen molar-refractivity contribution in [3.63, 3.8) is 0 Å². The first-order valence-electron chi connectivity index (χ1n) is 4.14. The van der Waals surface area contributed by atoms with E-state index in [4.69, 9.17) is 5.73 Å². The van der Waals surface area contributed by atoms with Gasteiger partial charge < -0.3 is 11.1 Å². The van der Waals surface area contributed by atoms with Gasteiger partial charge in [-0.15, -0.1) is 11.3 Å². The number of amides is 1. The van der Waals surface area contributed by atoms with Crippen molar-refractivity contribution in [1.29, 1.82) is 0 Å². The first-order valence-corrected chi connectivity index (χ1v) is 5.02. The van der Waals surface area contributed by atoms with Crippen LogP contribution in [0.5, 0.6) is 0 Å². The molecule has 0 aliphatic heterocycles. The summed E-state index contributed by atoms with van der Waals surface area (Å²) in [6, 6.07) is 0. The number of aryl methyl sites for hydroxylation is 1. The van der Waals surface area contributed by atoms with Crippen molar-refractivity contribution >= 4 is 22.2 Å². The molecule has 4 nitrogen and oxygen atoms in total. The molecule has 1 rings (SSSR count). The van der Waals surface area contributed by atoms with Crippen LogP contribution in [0.3, 0.4) is 0 Å². The summed E-state index contributed by atoms with van der Waals surface area (Å²) in [5.74, 6) is 0.0119. The lowest BCUT2D eigenvalue weighted by molar-refractivity contribution is -0.116. The molecule has 1 aromatic rings. The Balaban J connectivity index is 2.41. The van der Waals surface area contributed by atoms with Gasteiger partial charge in [-0.1, -0.05) is 0 Å². The average Bonchev–Trinajstić information content (AvgIpc) is 2.48. The summed E-state index contributed by atoms with van der Waals surface area (Å²) >= 11 is 1.44. The number of hydrogen-bond donors (Lipinski definition) is 2. The molecule has 5 heteroatoms. The van der Waals surface area contributed by atoms with E-state index >= 15 is 0 Å². The molecule has 0 bridgehead atoms. The normalized spacial score (nSPS) is 10.0. The standard InChI is InChI=1S/C8H13N3OS/c1-6-8(13-5-10-6)11-7(12)3-2-4-9/h5H,2-4,9H2,1H3,(H,11,12). The lowest BCUT2D eigenvalue weighted by atomic mass is 10.3. The number of carbonyl (C=O) groups excluding carboxylic acids is 1. The first-order chi connectivity index (χ1) is 6.24. The van der Waals surface area contributed by atoms with Crippen LogP contribution in [0.4, 0.5) is 5.00 Å². The van der Waals surface area contributed by atoms with E-state index in [1.54, 1.807) is 5.51 Å². The van der Waals surface area contributed by atoms with Crippen LogP contribution in [-0.4, -0.2) is 17.4 Å². The SMILES string of the molecule is Cc1ncsc1NC(=O)CCCN. The molecular weight excluding hydrogens is 186 g/mol. The van der Waals surface area contributed by atoms with E-state index in [0.717, 1.165) is 17.1 Å². The minimum Gasteiger partial charge on any atom is -0.330 e. The van der Waals surface area contributed by atoms with Crippen LogP contribution >= 0.6 is 11.3 Å². The number of thiazole rings is 1. The van der Waals surface area contributed by atoms with Gasteiger partial charge in [-0.05, 0) is 19.9 Å². The maximum atomic E-state index is 11.2. The van der Waals surface area contributed by atoms with Crippen LogP contribution in [0.1, 0.15) is 18.5 Å². The van der Waals surface area contributed by atoms with Crippen LogP contribution in [0, 0.1) is 6.92 Å². The molecule has 0 aromatic carbocycles. The quantitative estimate of drug-likeness (QED) is 0.763. The van der Waals surface area contributed by atoms with E-state index in [2.05, 4.69) is 10.3 Å². The second kappa shape index (κ2) is 4.94. The highest BCUT2D eigenvalue weighted by Crippen LogP contribution is 2.18. The number of hydrogen-bond acceptors (Lipinski definition) is 4. The van der Waals surface area contributed by atoms with Gasteiger partial charge in [0, 0.05) is 6.42 Å². The molecule has 13 heavy (non-hydrogen) atoms. The van der Waals surface area contributed by atoms with Gasteiger partial charge in [-0.25, -0.2) is 4.98 Å². The third kappa shape index (κ3) is 3.12. The minimum atomic E-state index is 0.0119. The number of carbonyl (C=O) groups is 1. The molecule has 0 spiro atoms. The summed E-state index contributed by atoms with van der Waals surface area (Å²) in [6.45, 7) is 2.42. The van der Waals surface area contributed by atoms with Gasteiger partial charge in [-0.3, -0.25) is 4.79 Å². The number of aromatic nitrogens is 1. The number of rotatable bonds is 4. The third-order valence-electron chi connectivity index (χ3n) is 1.61. The molecule has 0 saturated heterocycles. The largest absolute Gasteiger partial charge is 0.330 e. The van der Waals surface area contributed by atoms with Crippen LogP contribution in [0.2, 0.25) is 0 Å². The molecule has 1 amide bonds. The topological polar surface area (TPSA) is 68.0 Å². The molecule has 0 aliphatic rings. The summed E-state index contributed by atoms with van der Waals surface area (Å²) in [6.07, 6.45) is 1.21. The summed E-state index contributed by atoms with van der Waals surface area (Å²) < 4.78 is 0. The van der Waals surface area contributed by atoms with Crippen molar-refractivity contribution in [1.82, 2.24) is 4.98 Å². The van der Waals surface area contributed by atoms with Crippen LogP contribution in [-0.2, 0) is 4.79 Å². The molecule has 1 aromatic heterocycles. The van der Waals surface area contributed by atoms with E-state index < -0.39 is 0 Å². The number of nitrogens with one attached hydrogen (secondary N) is 1. The zero-order chi connectivity index (χ0) is 9.68. The number of nitrogens with zero attached hydrogens (tertiary/aromatic N) is 1. The Morgan fingerprint density at radius 3 is 3.08 bits per heavy atom. The van der Waals surface area contributed by atoms with Crippen molar-refractivity contribution in [2.24, 2.45) is 5.73 Å². The summed E-state index contributed by atoms with van der Waals surface area (Å²) in [4.78, 5) is 15.3. The maximum absolute atomic E-state index is 11.2. The lowest BCUT2D eigenvalue weighted by Crippen LogP contribution is -2.13. The Labute approximate surface area is 81.2 Å². The van der Waals surface area contributed by atoms with Crippen molar-refractivity contribution in [3.8, 4) is 0 Å². The van der Waals surface area contributed by atoms with Gasteiger partial charge in [0.25, 0.3) is 0 Å². The molecule has 0 aliphatic carbocycles. The molecule has 1 heterocycles. The van der Waals surface area contributed by atoms with E-state index in [1.807, 2.05) is 6.92 Å². The Hall–Kier alpha value is -0.940. The molecule has 0 saturated carbocycles. The Morgan fingerprint density at radius 1 is 1.77 bits per heavy atom. The fourth-order valence-corrected chi connectivity index (χ4v) is 1.59. The molecule has 72 valence electrons. The Morgan fingerprint density at radius 2 is 2.54 bits per heavy atom. The average molecular weight is 199 g/mol. The Bertz CT molecular complexity index is 285. The molecule has 0 radical (unpaired) electrons. The van der Waals surface area contributed by atoms with E-state index in [-0.39, 0.29) is 5.91 Å². The van der Waals surface area contributed by atoms with Crippen molar-refractivity contribution in [2.45, 2.75) is 19.8 Å². The van der Waals surface area contributed by atoms with Gasteiger partial charge >= 0.3 is 0 Å². The zero-order valence-electron chi connectivity index (χ0n) is 7.54. The van der Waals surface area contributed by atoms with E-state index in [1.165, 1.54) is 11.3 Å². The minimum absolute atomic E-state index is 0.0119. The van der Waals surface area contributed by atoms with Crippen molar-refractivity contribution in [3.05, 3.63) is 11.2 Å². The van der Waals surface area contributed by atoms with E-state index in [9.17, 15) is 4.79 Å². The van der Waals surface area contributed by atoms with Gasteiger partial charge in [0.1, 0.15) is 5.00 Å². The van der Waals surface area contributed by atoms with Gasteiger partial charge in [0.15, 0.2) is 0 Å². The fourth-order valence-electron chi connectivity index (χ4n) is 0.874. The van der Waals surface area contributed by atoms with Gasteiger partial charge in [0.05, 0.1) is 11.2 Å². The predicted octanol–water partition coefficient (Wildman–Crippen LogP) is 1.13. The smallest absolute Gasteiger partial charge is 0.225 e.